The summed E-state index contributed by atoms with van der Waals surface area (Å²) in [7, 11) is 0. The zero-order valence-electron chi connectivity index (χ0n) is 5.32. The van der Waals surface area contributed by atoms with E-state index in [-0.39, 0.29) is 0 Å². The molecule has 0 saturated heterocycles. The minimum Gasteiger partial charge on any atom is -0.481 e. The van der Waals surface area contributed by atoms with Gasteiger partial charge in [0.15, 0.2) is 0 Å². The molecule has 0 bridgehead atoms. The molecule has 1 rings (SSSR count). The standard InChI is InChI=1S/C5H7N3O2/c6-8-7-5(4(9)10)2-1-3-5/h1-3H2,(H,9,10). The first-order valence-electron chi connectivity index (χ1n) is 3.01. The largest absolute Gasteiger partial charge is 0.481 e. The van der Waals surface area contributed by atoms with Crippen molar-refractivity contribution in [1.29, 1.82) is 0 Å². The zero-order valence-corrected chi connectivity index (χ0v) is 5.32. The third-order valence-corrected chi connectivity index (χ3v) is 1.81. The van der Waals surface area contributed by atoms with E-state index < -0.39 is 11.5 Å². The molecule has 0 unspecified atom stereocenters. The second-order valence-electron chi connectivity index (χ2n) is 2.38. The van der Waals surface area contributed by atoms with Crippen LogP contribution in [0.1, 0.15) is 19.3 Å². The van der Waals surface area contributed by atoms with Crippen molar-refractivity contribution in [2.24, 2.45) is 5.11 Å². The van der Waals surface area contributed by atoms with Crippen molar-refractivity contribution in [1.82, 2.24) is 0 Å². The molecule has 0 amide bonds. The van der Waals surface area contributed by atoms with E-state index in [9.17, 15) is 4.79 Å². The van der Waals surface area contributed by atoms with Gasteiger partial charge < -0.3 is 5.11 Å². The summed E-state index contributed by atoms with van der Waals surface area (Å²) in [5.74, 6) is -1.00. The molecule has 54 valence electrons. The number of nitrogens with zero attached hydrogens (tertiary/aromatic N) is 3. The van der Waals surface area contributed by atoms with Gasteiger partial charge in [-0.05, 0) is 18.4 Å². The highest BCUT2D eigenvalue weighted by Gasteiger charge is 2.43. The van der Waals surface area contributed by atoms with Gasteiger partial charge in [0.1, 0.15) is 5.54 Å². The van der Waals surface area contributed by atoms with Gasteiger partial charge in [0.25, 0.3) is 0 Å². The van der Waals surface area contributed by atoms with Crippen LogP contribution in [-0.2, 0) is 4.79 Å². The second kappa shape index (κ2) is 2.19. The SMILES string of the molecule is [N-]=[N+]=NC1(C(=O)O)CCC1. The van der Waals surface area contributed by atoms with Crippen molar-refractivity contribution in [3.05, 3.63) is 10.4 Å². The molecule has 1 N–H and O–H groups in total. The first-order chi connectivity index (χ1) is 4.71. The molecule has 10 heavy (non-hydrogen) atoms. The number of carbonyl (C=O) groups is 1. The molecule has 0 aliphatic heterocycles. The van der Waals surface area contributed by atoms with Gasteiger partial charge in [-0.25, -0.2) is 0 Å². The highest BCUT2D eigenvalue weighted by molar-refractivity contribution is 5.80. The number of carboxylic acids is 1. The maximum absolute atomic E-state index is 10.4. The van der Waals surface area contributed by atoms with Crippen LogP contribution in [0.4, 0.5) is 0 Å². The summed E-state index contributed by atoms with van der Waals surface area (Å²) in [6.45, 7) is 0. The highest BCUT2D eigenvalue weighted by atomic mass is 16.4. The van der Waals surface area contributed by atoms with Crippen LogP contribution in [0.5, 0.6) is 0 Å². The Morgan fingerprint density at radius 2 is 2.30 bits per heavy atom. The van der Waals surface area contributed by atoms with Gasteiger partial charge in [-0.2, -0.15) is 0 Å². The molecular weight excluding hydrogens is 134 g/mol. The smallest absolute Gasteiger partial charge is 0.315 e. The van der Waals surface area contributed by atoms with Crippen LogP contribution in [0.25, 0.3) is 10.4 Å². The van der Waals surface area contributed by atoms with E-state index in [1.807, 2.05) is 0 Å². The Morgan fingerprint density at radius 3 is 2.40 bits per heavy atom. The van der Waals surface area contributed by atoms with Crippen molar-refractivity contribution in [2.45, 2.75) is 24.8 Å². The topological polar surface area (TPSA) is 86.1 Å². The van der Waals surface area contributed by atoms with E-state index in [4.69, 9.17) is 10.6 Å². The Morgan fingerprint density at radius 1 is 1.70 bits per heavy atom. The van der Waals surface area contributed by atoms with Gasteiger partial charge in [-0.3, -0.25) is 4.79 Å². The molecule has 0 radical (unpaired) electrons. The average molecular weight is 141 g/mol. The summed E-state index contributed by atoms with van der Waals surface area (Å²) in [5.41, 5.74) is 6.91. The summed E-state index contributed by atoms with van der Waals surface area (Å²) in [4.78, 5) is 12.9. The maximum atomic E-state index is 10.4. The summed E-state index contributed by atoms with van der Waals surface area (Å²) in [6.07, 6.45) is 1.80. The Kier molecular flexibility index (Phi) is 1.51. The van der Waals surface area contributed by atoms with E-state index in [2.05, 4.69) is 10.0 Å². The Hall–Kier alpha value is -1.22. The van der Waals surface area contributed by atoms with Crippen LogP contribution in [0.2, 0.25) is 0 Å². The zero-order chi connectivity index (χ0) is 7.61. The van der Waals surface area contributed by atoms with Crippen molar-refractivity contribution in [3.63, 3.8) is 0 Å². The fourth-order valence-corrected chi connectivity index (χ4v) is 0.954. The molecule has 0 aromatic heterocycles. The van der Waals surface area contributed by atoms with Crippen LogP contribution < -0.4 is 0 Å². The number of carboxylic acid groups (broad SMARTS) is 1. The second-order valence-corrected chi connectivity index (χ2v) is 2.38. The molecule has 0 heterocycles. The van der Waals surface area contributed by atoms with E-state index in [1.165, 1.54) is 0 Å². The van der Waals surface area contributed by atoms with Crippen LogP contribution in [0.3, 0.4) is 0 Å². The lowest BCUT2D eigenvalue weighted by Crippen LogP contribution is -2.42. The monoisotopic (exact) mass is 141 g/mol. The summed E-state index contributed by atoms with van der Waals surface area (Å²) >= 11 is 0. The highest BCUT2D eigenvalue weighted by Crippen LogP contribution is 2.35. The third kappa shape index (κ3) is 0.804. The van der Waals surface area contributed by atoms with Crippen LogP contribution in [0.15, 0.2) is 5.11 Å². The van der Waals surface area contributed by atoms with E-state index in [0.29, 0.717) is 12.8 Å². The van der Waals surface area contributed by atoms with Crippen molar-refractivity contribution < 1.29 is 9.90 Å². The molecular formula is C5H7N3O2. The van der Waals surface area contributed by atoms with Gasteiger partial charge in [0.2, 0.25) is 0 Å². The Bertz CT molecular complexity index is 199. The number of hydrogen-bond acceptors (Lipinski definition) is 2. The quantitative estimate of drug-likeness (QED) is 0.357. The fourth-order valence-electron chi connectivity index (χ4n) is 0.954. The minimum absolute atomic E-state index is 0.479. The van der Waals surface area contributed by atoms with E-state index in [1.54, 1.807) is 0 Å². The third-order valence-electron chi connectivity index (χ3n) is 1.81. The summed E-state index contributed by atoms with van der Waals surface area (Å²) in [6, 6.07) is 0. The van der Waals surface area contributed by atoms with Gasteiger partial charge in [0, 0.05) is 4.91 Å². The number of rotatable bonds is 2. The average Bonchev–Trinajstić information content (AvgIpc) is 1.77. The predicted molar refractivity (Wildman–Crippen MR) is 33.4 cm³/mol. The van der Waals surface area contributed by atoms with Crippen molar-refractivity contribution >= 4 is 5.97 Å². The maximum Gasteiger partial charge on any atom is 0.315 e. The molecule has 5 nitrogen and oxygen atoms in total. The van der Waals surface area contributed by atoms with Crippen LogP contribution >= 0.6 is 0 Å². The van der Waals surface area contributed by atoms with Crippen molar-refractivity contribution in [2.75, 3.05) is 0 Å². The van der Waals surface area contributed by atoms with Gasteiger partial charge >= 0.3 is 5.97 Å². The fraction of sp³-hybridized carbons (Fsp3) is 0.800. The summed E-state index contributed by atoms with van der Waals surface area (Å²) in [5, 5.41) is 11.8. The number of hydrogen-bond donors (Lipinski definition) is 1. The predicted octanol–water partition coefficient (Wildman–Crippen LogP) is 1.30. The number of aliphatic carboxylic acids is 1. The normalized spacial score (nSPS) is 20.4. The van der Waals surface area contributed by atoms with Gasteiger partial charge in [0.05, 0.1) is 0 Å². The van der Waals surface area contributed by atoms with E-state index in [0.717, 1.165) is 6.42 Å². The first kappa shape index (κ1) is 6.89. The lowest BCUT2D eigenvalue weighted by molar-refractivity contribution is -0.146. The molecule has 0 spiro atoms. The molecule has 0 aromatic carbocycles. The lowest BCUT2D eigenvalue weighted by Gasteiger charge is -2.32. The molecule has 5 heteroatoms. The van der Waals surface area contributed by atoms with Crippen LogP contribution in [0, 0.1) is 0 Å². The molecule has 1 saturated carbocycles. The molecule has 1 aliphatic carbocycles. The van der Waals surface area contributed by atoms with Gasteiger partial charge in [-0.15, -0.1) is 0 Å². The molecule has 1 fully saturated rings. The summed E-state index contributed by atoms with van der Waals surface area (Å²) < 4.78 is 0. The number of azide groups is 1. The van der Waals surface area contributed by atoms with Gasteiger partial charge in [-0.1, -0.05) is 11.5 Å². The van der Waals surface area contributed by atoms with E-state index >= 15 is 0 Å². The van der Waals surface area contributed by atoms with Crippen molar-refractivity contribution in [3.8, 4) is 0 Å². The minimum atomic E-state index is -1.10. The van der Waals surface area contributed by atoms with Crippen LogP contribution in [-0.4, -0.2) is 16.6 Å². The lowest BCUT2D eigenvalue weighted by atomic mass is 9.78. The molecule has 1 aliphatic rings. The Labute approximate surface area is 57.3 Å². The Balaban J connectivity index is 2.77. The first-order valence-corrected chi connectivity index (χ1v) is 3.01. The molecule has 0 aromatic rings. The molecule has 0 atom stereocenters.